The number of hydrogen-bond acceptors (Lipinski definition) is 5. The minimum Gasteiger partial charge on any atom is -0.494 e. The number of aryl methyl sites for hydroxylation is 2. The Hall–Kier alpha value is -2.57. The third-order valence-corrected chi connectivity index (χ3v) is 3.39. The largest absolute Gasteiger partial charge is 0.494 e. The van der Waals surface area contributed by atoms with E-state index in [4.69, 9.17) is 9.26 Å². The zero-order chi connectivity index (χ0) is 17.4. The quantitative estimate of drug-likeness (QED) is 0.596. The molecule has 0 aliphatic heterocycles. The molecule has 1 heterocycles. The highest BCUT2D eigenvalue weighted by Gasteiger charge is 2.06. The van der Waals surface area contributed by atoms with Crippen molar-refractivity contribution in [2.24, 2.45) is 4.99 Å². The second-order valence-electron chi connectivity index (χ2n) is 5.38. The van der Waals surface area contributed by atoms with Crippen molar-refractivity contribution >= 4 is 5.96 Å². The van der Waals surface area contributed by atoms with Gasteiger partial charge in [-0.05, 0) is 32.4 Å². The van der Waals surface area contributed by atoms with Crippen LogP contribution in [0.5, 0.6) is 5.75 Å². The number of aromatic nitrogens is 2. The molecule has 130 valence electrons. The van der Waals surface area contributed by atoms with Crippen molar-refractivity contribution in [2.45, 2.75) is 33.7 Å². The predicted molar refractivity (Wildman–Crippen MR) is 93.3 cm³/mol. The Morgan fingerprint density at radius 1 is 1.29 bits per heavy atom. The van der Waals surface area contributed by atoms with E-state index in [0.717, 1.165) is 11.3 Å². The number of nitrogens with zero attached hydrogens (tertiary/aromatic N) is 3. The van der Waals surface area contributed by atoms with Crippen molar-refractivity contribution in [3.8, 4) is 5.75 Å². The summed E-state index contributed by atoms with van der Waals surface area (Å²) in [6, 6.07) is 6.20. The van der Waals surface area contributed by atoms with Gasteiger partial charge in [-0.15, -0.1) is 0 Å². The van der Waals surface area contributed by atoms with Crippen LogP contribution in [0.4, 0.5) is 0 Å². The second kappa shape index (κ2) is 8.90. The number of nitrogens with one attached hydrogen (secondary N) is 2. The topological polar surface area (TPSA) is 84.6 Å². The SMILES string of the molecule is CCOc1cc(C)ccc1CNC(=NC)NCCc1nc(C)no1. The molecule has 0 radical (unpaired) electrons. The summed E-state index contributed by atoms with van der Waals surface area (Å²) >= 11 is 0. The number of guanidine groups is 1. The van der Waals surface area contributed by atoms with Crippen LogP contribution in [-0.2, 0) is 13.0 Å². The van der Waals surface area contributed by atoms with Crippen molar-refractivity contribution in [3.05, 3.63) is 41.0 Å². The molecule has 2 N–H and O–H groups in total. The smallest absolute Gasteiger partial charge is 0.228 e. The van der Waals surface area contributed by atoms with Crippen molar-refractivity contribution in [1.29, 1.82) is 0 Å². The van der Waals surface area contributed by atoms with Crippen LogP contribution in [0.3, 0.4) is 0 Å². The van der Waals surface area contributed by atoms with Crippen LogP contribution in [0.2, 0.25) is 0 Å². The molecule has 0 fully saturated rings. The lowest BCUT2D eigenvalue weighted by Gasteiger charge is -2.14. The van der Waals surface area contributed by atoms with Gasteiger partial charge in [-0.3, -0.25) is 4.99 Å². The molecule has 0 aliphatic rings. The lowest BCUT2D eigenvalue weighted by Crippen LogP contribution is -2.38. The molecule has 1 aromatic carbocycles. The molecular weight excluding hydrogens is 306 g/mol. The third kappa shape index (κ3) is 5.26. The van der Waals surface area contributed by atoms with Gasteiger partial charge in [0.25, 0.3) is 0 Å². The van der Waals surface area contributed by atoms with E-state index in [0.29, 0.717) is 43.8 Å². The van der Waals surface area contributed by atoms with Gasteiger partial charge in [-0.2, -0.15) is 4.98 Å². The van der Waals surface area contributed by atoms with Crippen LogP contribution in [0.1, 0.15) is 29.8 Å². The first-order valence-corrected chi connectivity index (χ1v) is 8.08. The highest BCUT2D eigenvalue weighted by atomic mass is 16.5. The van der Waals surface area contributed by atoms with Gasteiger partial charge in [0.1, 0.15) is 5.75 Å². The standard InChI is InChI=1S/C17H25N5O2/c1-5-23-15-10-12(2)6-7-14(15)11-20-17(18-4)19-9-8-16-21-13(3)22-24-16/h6-7,10H,5,8-9,11H2,1-4H3,(H2,18,19,20). The van der Waals surface area contributed by atoms with E-state index in [1.807, 2.05) is 6.92 Å². The first kappa shape index (κ1) is 17.8. The summed E-state index contributed by atoms with van der Waals surface area (Å²) < 4.78 is 10.8. The van der Waals surface area contributed by atoms with E-state index in [2.05, 4.69) is 50.9 Å². The number of hydrogen-bond donors (Lipinski definition) is 2. The Morgan fingerprint density at radius 3 is 2.79 bits per heavy atom. The Bertz CT molecular complexity index is 681. The molecule has 2 rings (SSSR count). The first-order chi connectivity index (χ1) is 11.6. The fourth-order valence-corrected chi connectivity index (χ4v) is 2.23. The summed E-state index contributed by atoms with van der Waals surface area (Å²) in [6.45, 7) is 7.78. The number of benzene rings is 1. The zero-order valence-corrected chi connectivity index (χ0v) is 14.7. The fraction of sp³-hybridized carbons (Fsp3) is 0.471. The summed E-state index contributed by atoms with van der Waals surface area (Å²) in [6.07, 6.45) is 0.649. The van der Waals surface area contributed by atoms with Gasteiger partial charge in [0.05, 0.1) is 6.61 Å². The highest BCUT2D eigenvalue weighted by Crippen LogP contribution is 2.20. The van der Waals surface area contributed by atoms with Crippen molar-refractivity contribution in [3.63, 3.8) is 0 Å². The van der Waals surface area contributed by atoms with E-state index in [1.165, 1.54) is 5.56 Å². The minimum absolute atomic E-state index is 0.618. The molecule has 0 aliphatic carbocycles. The van der Waals surface area contributed by atoms with Gasteiger partial charge in [-0.25, -0.2) is 0 Å². The predicted octanol–water partition coefficient (Wildman–Crippen LogP) is 1.99. The van der Waals surface area contributed by atoms with E-state index in [-0.39, 0.29) is 0 Å². The van der Waals surface area contributed by atoms with Gasteiger partial charge in [0.2, 0.25) is 5.89 Å². The first-order valence-electron chi connectivity index (χ1n) is 8.08. The van der Waals surface area contributed by atoms with Gasteiger partial charge in [-0.1, -0.05) is 17.3 Å². The van der Waals surface area contributed by atoms with Crippen LogP contribution in [-0.4, -0.2) is 36.3 Å². The molecule has 0 atom stereocenters. The molecule has 1 aromatic heterocycles. The Balaban J connectivity index is 1.85. The molecule has 0 spiro atoms. The summed E-state index contributed by atoms with van der Waals surface area (Å²) in [4.78, 5) is 8.39. The molecular formula is C17H25N5O2. The van der Waals surface area contributed by atoms with Gasteiger partial charge >= 0.3 is 0 Å². The molecule has 7 heteroatoms. The molecule has 0 saturated carbocycles. The second-order valence-corrected chi connectivity index (χ2v) is 5.38. The summed E-state index contributed by atoms with van der Waals surface area (Å²) in [5, 5.41) is 10.3. The Labute approximate surface area is 142 Å². The van der Waals surface area contributed by atoms with Crippen molar-refractivity contribution < 1.29 is 9.26 Å². The highest BCUT2D eigenvalue weighted by molar-refractivity contribution is 5.79. The number of ether oxygens (including phenoxy) is 1. The monoisotopic (exact) mass is 331 g/mol. The maximum Gasteiger partial charge on any atom is 0.228 e. The summed E-state index contributed by atoms with van der Waals surface area (Å²) in [7, 11) is 1.74. The number of rotatable bonds is 7. The van der Waals surface area contributed by atoms with Crippen LogP contribution in [0, 0.1) is 13.8 Å². The lowest BCUT2D eigenvalue weighted by molar-refractivity contribution is 0.336. The van der Waals surface area contributed by atoms with Crippen molar-refractivity contribution in [2.75, 3.05) is 20.2 Å². The van der Waals surface area contributed by atoms with Crippen LogP contribution in [0.25, 0.3) is 0 Å². The lowest BCUT2D eigenvalue weighted by atomic mass is 10.1. The average molecular weight is 331 g/mol. The van der Waals surface area contributed by atoms with E-state index in [1.54, 1.807) is 14.0 Å². The fourth-order valence-electron chi connectivity index (χ4n) is 2.23. The average Bonchev–Trinajstić information content (AvgIpc) is 2.98. The third-order valence-electron chi connectivity index (χ3n) is 3.39. The molecule has 0 saturated heterocycles. The molecule has 2 aromatic rings. The minimum atomic E-state index is 0.618. The summed E-state index contributed by atoms with van der Waals surface area (Å²) in [5.41, 5.74) is 2.28. The molecule has 24 heavy (non-hydrogen) atoms. The molecule has 0 unspecified atom stereocenters. The summed E-state index contributed by atoms with van der Waals surface area (Å²) in [5.74, 6) is 2.89. The Kier molecular flexibility index (Phi) is 6.60. The maximum absolute atomic E-state index is 5.70. The van der Waals surface area contributed by atoms with Crippen LogP contribution >= 0.6 is 0 Å². The van der Waals surface area contributed by atoms with E-state index < -0.39 is 0 Å². The van der Waals surface area contributed by atoms with Gasteiger partial charge in [0.15, 0.2) is 11.8 Å². The number of aliphatic imine (C=N–C) groups is 1. The van der Waals surface area contributed by atoms with Gasteiger partial charge < -0.3 is 19.9 Å². The molecule has 0 bridgehead atoms. The zero-order valence-electron chi connectivity index (χ0n) is 14.7. The maximum atomic E-state index is 5.70. The van der Waals surface area contributed by atoms with Crippen LogP contribution < -0.4 is 15.4 Å². The van der Waals surface area contributed by atoms with E-state index >= 15 is 0 Å². The van der Waals surface area contributed by atoms with Crippen molar-refractivity contribution in [1.82, 2.24) is 20.8 Å². The molecule has 0 amide bonds. The van der Waals surface area contributed by atoms with Gasteiger partial charge in [0, 0.05) is 32.1 Å². The Morgan fingerprint density at radius 2 is 2.12 bits per heavy atom. The normalized spacial score (nSPS) is 11.4. The van der Waals surface area contributed by atoms with E-state index in [9.17, 15) is 0 Å². The van der Waals surface area contributed by atoms with Crippen LogP contribution in [0.15, 0.2) is 27.7 Å². The molecule has 7 nitrogen and oxygen atoms in total.